The number of halogens is 1. The van der Waals surface area contributed by atoms with Crippen molar-refractivity contribution >= 4 is 28.8 Å². The number of hydrogen-bond donors (Lipinski definition) is 1. The minimum atomic E-state index is -0.106. The van der Waals surface area contributed by atoms with Gasteiger partial charge >= 0.3 is 0 Å². The first kappa shape index (κ1) is 15.5. The molecule has 1 fully saturated rings. The number of thiophene rings is 1. The molecular weight excluding hydrogens is 318 g/mol. The number of hydrogen-bond acceptors (Lipinski definition) is 4. The van der Waals surface area contributed by atoms with Crippen molar-refractivity contribution in [3.8, 4) is 0 Å². The molecule has 3 heterocycles. The summed E-state index contributed by atoms with van der Waals surface area (Å²) in [6.07, 6.45) is 4.01. The van der Waals surface area contributed by atoms with Crippen LogP contribution in [0.25, 0.3) is 0 Å². The molecule has 1 aliphatic rings. The molecule has 0 radical (unpaired) electrons. The maximum atomic E-state index is 12.3. The fourth-order valence-corrected chi connectivity index (χ4v) is 3.81. The third kappa shape index (κ3) is 3.66. The molecule has 4 nitrogen and oxygen atoms in total. The molecule has 1 N–H and O–H groups in total. The molecule has 0 saturated carbocycles. The Labute approximate surface area is 139 Å². The second-order valence-electron chi connectivity index (χ2n) is 5.35. The van der Waals surface area contributed by atoms with E-state index in [4.69, 9.17) is 11.6 Å². The molecule has 2 aromatic rings. The summed E-state index contributed by atoms with van der Waals surface area (Å²) in [5, 5.41) is 5.45. The van der Waals surface area contributed by atoms with Gasteiger partial charge in [0, 0.05) is 23.2 Å². The largest absolute Gasteiger partial charge is 0.350 e. The van der Waals surface area contributed by atoms with Gasteiger partial charge in [-0.3, -0.25) is 9.69 Å². The van der Waals surface area contributed by atoms with Crippen LogP contribution in [-0.4, -0.2) is 35.4 Å². The van der Waals surface area contributed by atoms with Crippen molar-refractivity contribution < 1.29 is 4.79 Å². The Balaban J connectivity index is 1.67. The zero-order valence-corrected chi connectivity index (χ0v) is 13.7. The van der Waals surface area contributed by atoms with Gasteiger partial charge in [-0.2, -0.15) is 0 Å². The molecule has 116 valence electrons. The highest BCUT2D eigenvalue weighted by Gasteiger charge is 2.24. The van der Waals surface area contributed by atoms with E-state index >= 15 is 0 Å². The Bertz CT molecular complexity index is 626. The van der Waals surface area contributed by atoms with Crippen molar-refractivity contribution in [3.05, 3.63) is 51.4 Å². The fraction of sp³-hybridized carbons (Fsp3) is 0.375. The number of nitrogens with zero attached hydrogens (tertiary/aromatic N) is 2. The summed E-state index contributed by atoms with van der Waals surface area (Å²) in [5.41, 5.74) is 0.548. The van der Waals surface area contributed by atoms with E-state index in [9.17, 15) is 4.79 Å². The lowest BCUT2D eigenvalue weighted by atomic mass is 10.2. The average molecular weight is 336 g/mol. The Hall–Kier alpha value is -1.43. The highest BCUT2D eigenvalue weighted by molar-refractivity contribution is 7.10. The molecule has 0 spiro atoms. The molecule has 1 saturated heterocycles. The van der Waals surface area contributed by atoms with E-state index in [0.29, 0.717) is 17.3 Å². The minimum Gasteiger partial charge on any atom is -0.350 e. The zero-order valence-electron chi connectivity index (χ0n) is 12.2. The highest BCUT2D eigenvalue weighted by Crippen LogP contribution is 2.27. The van der Waals surface area contributed by atoms with Crippen LogP contribution >= 0.6 is 22.9 Å². The van der Waals surface area contributed by atoms with Gasteiger partial charge in [0.2, 0.25) is 0 Å². The van der Waals surface area contributed by atoms with Crippen molar-refractivity contribution in [2.24, 2.45) is 0 Å². The van der Waals surface area contributed by atoms with E-state index < -0.39 is 0 Å². The molecule has 0 aromatic carbocycles. The first-order valence-electron chi connectivity index (χ1n) is 7.41. The van der Waals surface area contributed by atoms with Crippen molar-refractivity contribution in [2.45, 2.75) is 18.9 Å². The van der Waals surface area contributed by atoms with Crippen LogP contribution in [0.4, 0.5) is 0 Å². The second kappa shape index (κ2) is 7.22. The SMILES string of the molecule is O=C(NC[C@H](c1cccs1)N1CCCC1)c1ccnc(Cl)c1. The molecule has 1 amide bonds. The van der Waals surface area contributed by atoms with E-state index in [1.165, 1.54) is 17.7 Å². The number of rotatable bonds is 5. The predicted octanol–water partition coefficient (Wildman–Crippen LogP) is 3.36. The van der Waals surface area contributed by atoms with Gasteiger partial charge in [0.25, 0.3) is 5.91 Å². The number of aromatic nitrogens is 1. The zero-order chi connectivity index (χ0) is 15.4. The quantitative estimate of drug-likeness (QED) is 0.852. The van der Waals surface area contributed by atoms with E-state index in [2.05, 4.69) is 32.7 Å². The van der Waals surface area contributed by atoms with Gasteiger partial charge in [0.15, 0.2) is 0 Å². The van der Waals surface area contributed by atoms with Gasteiger partial charge in [-0.15, -0.1) is 11.3 Å². The van der Waals surface area contributed by atoms with Crippen LogP contribution < -0.4 is 5.32 Å². The van der Waals surface area contributed by atoms with Crippen LogP contribution in [0.5, 0.6) is 0 Å². The Morgan fingerprint density at radius 2 is 2.23 bits per heavy atom. The Kier molecular flexibility index (Phi) is 5.08. The van der Waals surface area contributed by atoms with E-state index in [1.807, 2.05) is 0 Å². The second-order valence-corrected chi connectivity index (χ2v) is 6.72. The molecule has 0 aliphatic carbocycles. The number of likely N-dealkylation sites (tertiary alicyclic amines) is 1. The summed E-state index contributed by atoms with van der Waals surface area (Å²) in [4.78, 5) is 19.9. The lowest BCUT2D eigenvalue weighted by Gasteiger charge is -2.26. The van der Waals surface area contributed by atoms with Crippen LogP contribution in [0.3, 0.4) is 0 Å². The standard InChI is InChI=1S/C16H18ClN3OS/c17-15-10-12(5-6-18-15)16(21)19-11-13(14-4-3-9-22-14)20-7-1-2-8-20/h3-6,9-10,13H,1-2,7-8,11H2,(H,19,21)/t13-/m1/s1. The number of pyridine rings is 1. The van der Waals surface area contributed by atoms with Crippen molar-refractivity contribution in [3.63, 3.8) is 0 Å². The van der Waals surface area contributed by atoms with Gasteiger partial charge in [0.1, 0.15) is 5.15 Å². The molecule has 2 aromatic heterocycles. The summed E-state index contributed by atoms with van der Waals surface area (Å²) < 4.78 is 0. The highest BCUT2D eigenvalue weighted by atomic mass is 35.5. The molecule has 22 heavy (non-hydrogen) atoms. The van der Waals surface area contributed by atoms with Gasteiger partial charge in [0.05, 0.1) is 6.04 Å². The molecule has 1 aliphatic heterocycles. The lowest BCUT2D eigenvalue weighted by Crippen LogP contribution is -2.36. The molecule has 6 heteroatoms. The maximum Gasteiger partial charge on any atom is 0.251 e. The van der Waals surface area contributed by atoms with Crippen LogP contribution in [0, 0.1) is 0 Å². The topological polar surface area (TPSA) is 45.2 Å². The number of carbonyl (C=O) groups is 1. The Morgan fingerprint density at radius 1 is 1.41 bits per heavy atom. The predicted molar refractivity (Wildman–Crippen MR) is 89.4 cm³/mol. The Morgan fingerprint density at radius 3 is 2.91 bits per heavy atom. The number of amides is 1. The van der Waals surface area contributed by atoms with Gasteiger partial charge < -0.3 is 5.32 Å². The van der Waals surface area contributed by atoms with Crippen LogP contribution in [0.2, 0.25) is 5.15 Å². The summed E-state index contributed by atoms with van der Waals surface area (Å²) in [6, 6.07) is 7.73. The molecule has 1 atom stereocenters. The third-order valence-corrected chi connectivity index (χ3v) is 5.08. The van der Waals surface area contributed by atoms with Crippen LogP contribution in [0.15, 0.2) is 35.8 Å². The van der Waals surface area contributed by atoms with Gasteiger partial charge in [-0.1, -0.05) is 17.7 Å². The summed E-state index contributed by atoms with van der Waals surface area (Å²) in [5.74, 6) is -0.106. The van der Waals surface area contributed by atoms with Crippen molar-refractivity contribution in [1.29, 1.82) is 0 Å². The summed E-state index contributed by atoms with van der Waals surface area (Å²) >= 11 is 7.58. The summed E-state index contributed by atoms with van der Waals surface area (Å²) in [6.45, 7) is 2.80. The first-order valence-corrected chi connectivity index (χ1v) is 8.67. The average Bonchev–Trinajstić information content (AvgIpc) is 3.21. The number of carbonyl (C=O) groups excluding carboxylic acids is 1. The van der Waals surface area contributed by atoms with Crippen molar-refractivity contribution in [1.82, 2.24) is 15.2 Å². The summed E-state index contributed by atoms with van der Waals surface area (Å²) in [7, 11) is 0. The smallest absolute Gasteiger partial charge is 0.251 e. The first-order chi connectivity index (χ1) is 10.7. The molecule has 0 unspecified atom stereocenters. The van der Waals surface area contributed by atoms with Gasteiger partial charge in [-0.25, -0.2) is 4.98 Å². The van der Waals surface area contributed by atoms with E-state index in [-0.39, 0.29) is 11.9 Å². The fourth-order valence-electron chi connectivity index (χ4n) is 2.78. The lowest BCUT2D eigenvalue weighted by molar-refractivity contribution is 0.0938. The molecule has 0 bridgehead atoms. The molecule has 3 rings (SSSR count). The van der Waals surface area contributed by atoms with Gasteiger partial charge in [-0.05, 0) is 49.5 Å². The monoisotopic (exact) mass is 335 g/mol. The van der Waals surface area contributed by atoms with Crippen molar-refractivity contribution in [2.75, 3.05) is 19.6 Å². The van der Waals surface area contributed by atoms with Crippen LogP contribution in [0.1, 0.15) is 34.1 Å². The third-order valence-electron chi connectivity index (χ3n) is 3.90. The molecular formula is C16H18ClN3OS. The normalized spacial score (nSPS) is 16.6. The van der Waals surface area contributed by atoms with E-state index in [0.717, 1.165) is 13.1 Å². The van der Waals surface area contributed by atoms with Crippen LogP contribution in [-0.2, 0) is 0 Å². The number of nitrogens with one attached hydrogen (secondary N) is 1. The maximum absolute atomic E-state index is 12.3. The minimum absolute atomic E-state index is 0.106. The van der Waals surface area contributed by atoms with E-state index in [1.54, 1.807) is 29.7 Å².